The van der Waals surface area contributed by atoms with Crippen molar-refractivity contribution in [3.05, 3.63) is 12.2 Å². The van der Waals surface area contributed by atoms with E-state index in [2.05, 4.69) is 31.3 Å². The van der Waals surface area contributed by atoms with Crippen LogP contribution in [-0.2, 0) is 14.3 Å². The first-order valence-electron chi connectivity index (χ1n) is 37.4. The van der Waals surface area contributed by atoms with Crippen LogP contribution in [0, 0.1) is 0 Å². The Hall–Kier alpha value is -1.40. The number of ether oxygens (including phenoxy) is 1. The highest BCUT2D eigenvalue weighted by molar-refractivity contribution is 5.76. The van der Waals surface area contributed by atoms with Gasteiger partial charge in [0.2, 0.25) is 5.91 Å². The van der Waals surface area contributed by atoms with Gasteiger partial charge in [-0.05, 0) is 51.4 Å². The second-order valence-electron chi connectivity index (χ2n) is 26.0. The summed E-state index contributed by atoms with van der Waals surface area (Å²) in [7, 11) is 0. The molecule has 0 saturated carbocycles. The van der Waals surface area contributed by atoms with Crippen molar-refractivity contribution in [1.82, 2.24) is 5.32 Å². The zero-order valence-electron chi connectivity index (χ0n) is 55.3. The lowest BCUT2D eigenvalue weighted by atomic mass is 10.0. The summed E-state index contributed by atoms with van der Waals surface area (Å²) in [5.74, 6) is -0.0132. The number of hydrogen-bond acceptors (Lipinski definition) is 5. The maximum absolute atomic E-state index is 12.6. The highest BCUT2D eigenvalue weighted by Crippen LogP contribution is 2.20. The summed E-state index contributed by atoms with van der Waals surface area (Å²) in [6.07, 6.45) is 88.5. The van der Waals surface area contributed by atoms with Crippen molar-refractivity contribution in [3.63, 3.8) is 0 Å². The molecule has 6 heteroatoms. The number of carbonyl (C=O) groups is 2. The average molecular weight is 1140 g/mol. The molecule has 0 aliphatic carbocycles. The van der Waals surface area contributed by atoms with Crippen LogP contribution in [-0.4, -0.2) is 47.4 Å². The summed E-state index contributed by atoms with van der Waals surface area (Å²) in [5, 5.41) is 23.5. The SMILES string of the molecule is CCCCCCCCCCCCCCCCCCCCCCCCCCC(O)C(CO)NC(=O)CCCCCCCCCCCC/C=C\CCCCCCCCCCCCCCOC(=O)CCCCCCCCCCCCCCCC. The van der Waals surface area contributed by atoms with Crippen LogP contribution in [0.3, 0.4) is 0 Å². The van der Waals surface area contributed by atoms with Crippen LogP contribution in [0.25, 0.3) is 0 Å². The molecule has 0 heterocycles. The van der Waals surface area contributed by atoms with E-state index in [1.807, 2.05) is 0 Å². The van der Waals surface area contributed by atoms with E-state index in [9.17, 15) is 19.8 Å². The van der Waals surface area contributed by atoms with E-state index in [0.29, 0.717) is 25.9 Å². The van der Waals surface area contributed by atoms with Crippen molar-refractivity contribution in [1.29, 1.82) is 0 Å². The average Bonchev–Trinajstić information content (AvgIpc) is 3.47. The standard InChI is InChI=1S/C75H147NO5/c1-3-5-7-9-11-13-15-17-19-20-21-22-23-28-31-34-37-40-43-47-51-55-59-63-67-73(78)72(71-77)76-74(79)68-64-60-56-52-48-44-41-38-35-32-29-26-24-25-27-30-33-36-39-42-46-50-54-58-62-66-70-81-75(80)69-65-61-57-53-49-45-18-16-14-12-10-8-6-4-2/h24,26,72-73,77-78H,3-23,25,27-71H2,1-2H3,(H,76,79)/b26-24-. The number of aliphatic hydroxyl groups is 2. The van der Waals surface area contributed by atoms with Crippen molar-refractivity contribution >= 4 is 11.9 Å². The van der Waals surface area contributed by atoms with Gasteiger partial charge in [0.15, 0.2) is 0 Å². The molecule has 0 aromatic carbocycles. The molecule has 0 radical (unpaired) electrons. The molecule has 0 rings (SSSR count). The number of allylic oxidation sites excluding steroid dienone is 2. The van der Waals surface area contributed by atoms with Crippen LogP contribution in [0.2, 0.25) is 0 Å². The molecule has 0 aliphatic rings. The molecule has 1 amide bonds. The van der Waals surface area contributed by atoms with Crippen LogP contribution < -0.4 is 5.32 Å². The number of aliphatic hydroxyl groups excluding tert-OH is 2. The number of hydrogen-bond donors (Lipinski definition) is 3. The summed E-state index contributed by atoms with van der Waals surface area (Å²) in [6.45, 7) is 5.00. The van der Waals surface area contributed by atoms with Crippen LogP contribution >= 0.6 is 0 Å². The Morgan fingerprint density at radius 1 is 0.333 bits per heavy atom. The molecule has 2 unspecified atom stereocenters. The molecule has 0 saturated heterocycles. The third kappa shape index (κ3) is 67.6. The second kappa shape index (κ2) is 71.1. The fourth-order valence-corrected chi connectivity index (χ4v) is 12.1. The van der Waals surface area contributed by atoms with Crippen molar-refractivity contribution < 1.29 is 24.5 Å². The van der Waals surface area contributed by atoms with E-state index in [0.717, 1.165) is 38.5 Å². The van der Waals surface area contributed by atoms with Gasteiger partial charge in [0.25, 0.3) is 0 Å². The Labute approximate surface area is 508 Å². The molecule has 2 atom stereocenters. The largest absolute Gasteiger partial charge is 0.466 e. The number of amides is 1. The van der Waals surface area contributed by atoms with Gasteiger partial charge < -0.3 is 20.3 Å². The van der Waals surface area contributed by atoms with Gasteiger partial charge in [-0.15, -0.1) is 0 Å². The third-order valence-corrected chi connectivity index (χ3v) is 17.8. The minimum Gasteiger partial charge on any atom is -0.466 e. The van der Waals surface area contributed by atoms with Gasteiger partial charge in [0, 0.05) is 12.8 Å². The first-order valence-corrected chi connectivity index (χ1v) is 37.4. The Bertz CT molecular complexity index is 1220. The molecule has 0 aromatic rings. The van der Waals surface area contributed by atoms with Gasteiger partial charge in [0.1, 0.15) is 0 Å². The van der Waals surface area contributed by atoms with Gasteiger partial charge >= 0.3 is 5.97 Å². The van der Waals surface area contributed by atoms with Crippen molar-refractivity contribution in [2.24, 2.45) is 0 Å². The molecular formula is C75H147NO5. The lowest BCUT2D eigenvalue weighted by Crippen LogP contribution is -2.45. The van der Waals surface area contributed by atoms with Gasteiger partial charge in [-0.25, -0.2) is 0 Å². The molecular weight excluding hydrogens is 995 g/mol. The molecule has 0 aliphatic heterocycles. The number of esters is 1. The Kier molecular flexibility index (Phi) is 69.9. The monoisotopic (exact) mass is 1140 g/mol. The fraction of sp³-hybridized carbons (Fsp3) is 0.947. The highest BCUT2D eigenvalue weighted by Gasteiger charge is 2.20. The molecule has 0 aromatic heterocycles. The summed E-state index contributed by atoms with van der Waals surface area (Å²) in [4.78, 5) is 24.6. The topological polar surface area (TPSA) is 95.9 Å². The zero-order chi connectivity index (χ0) is 58.5. The minimum atomic E-state index is -0.666. The summed E-state index contributed by atoms with van der Waals surface area (Å²) in [6, 6.07) is -0.544. The number of nitrogens with one attached hydrogen (secondary N) is 1. The van der Waals surface area contributed by atoms with E-state index in [1.54, 1.807) is 0 Å². The molecule has 482 valence electrons. The van der Waals surface area contributed by atoms with E-state index in [4.69, 9.17) is 4.74 Å². The third-order valence-electron chi connectivity index (χ3n) is 17.8. The number of unbranched alkanes of at least 4 members (excludes halogenated alkanes) is 58. The first-order chi connectivity index (χ1) is 40.0. The maximum atomic E-state index is 12.6. The lowest BCUT2D eigenvalue weighted by molar-refractivity contribution is -0.143. The van der Waals surface area contributed by atoms with Gasteiger partial charge in [-0.3, -0.25) is 9.59 Å². The second-order valence-corrected chi connectivity index (χ2v) is 26.0. The molecule has 3 N–H and O–H groups in total. The zero-order valence-corrected chi connectivity index (χ0v) is 55.3. The van der Waals surface area contributed by atoms with Crippen molar-refractivity contribution in [3.8, 4) is 0 Å². The van der Waals surface area contributed by atoms with Gasteiger partial charge in [0.05, 0.1) is 25.4 Å². The maximum Gasteiger partial charge on any atom is 0.305 e. The molecule has 6 nitrogen and oxygen atoms in total. The summed E-state index contributed by atoms with van der Waals surface area (Å²) < 4.78 is 5.50. The Morgan fingerprint density at radius 2 is 0.580 bits per heavy atom. The normalized spacial score (nSPS) is 12.5. The minimum absolute atomic E-state index is 0.0179. The van der Waals surface area contributed by atoms with Gasteiger partial charge in [-0.1, -0.05) is 379 Å². The quantitative estimate of drug-likeness (QED) is 0.0320. The fourth-order valence-electron chi connectivity index (χ4n) is 12.1. The first kappa shape index (κ1) is 79.6. The van der Waals surface area contributed by atoms with Crippen LogP contribution in [0.4, 0.5) is 0 Å². The molecule has 0 fully saturated rings. The predicted molar refractivity (Wildman–Crippen MR) is 357 cm³/mol. The highest BCUT2D eigenvalue weighted by atomic mass is 16.5. The molecule has 0 spiro atoms. The number of carbonyl (C=O) groups excluding carboxylic acids is 2. The van der Waals surface area contributed by atoms with Crippen LogP contribution in [0.5, 0.6) is 0 Å². The smallest absolute Gasteiger partial charge is 0.305 e. The molecule has 81 heavy (non-hydrogen) atoms. The Balaban J connectivity index is 3.38. The van der Waals surface area contributed by atoms with Gasteiger partial charge in [-0.2, -0.15) is 0 Å². The van der Waals surface area contributed by atoms with E-state index in [-0.39, 0.29) is 18.5 Å². The van der Waals surface area contributed by atoms with Crippen LogP contribution in [0.15, 0.2) is 12.2 Å². The van der Waals surface area contributed by atoms with E-state index in [1.165, 1.54) is 360 Å². The van der Waals surface area contributed by atoms with E-state index >= 15 is 0 Å². The lowest BCUT2D eigenvalue weighted by Gasteiger charge is -2.22. The number of rotatable bonds is 71. The summed E-state index contributed by atoms with van der Waals surface area (Å²) >= 11 is 0. The Morgan fingerprint density at radius 3 is 0.877 bits per heavy atom. The van der Waals surface area contributed by atoms with Crippen molar-refractivity contribution in [2.45, 2.75) is 443 Å². The van der Waals surface area contributed by atoms with Crippen LogP contribution in [0.1, 0.15) is 431 Å². The predicted octanol–water partition coefficient (Wildman–Crippen LogP) is 24.3. The van der Waals surface area contributed by atoms with E-state index < -0.39 is 12.1 Å². The molecule has 0 bridgehead atoms. The summed E-state index contributed by atoms with van der Waals surface area (Å²) in [5.41, 5.74) is 0. The van der Waals surface area contributed by atoms with Crippen molar-refractivity contribution in [2.75, 3.05) is 13.2 Å².